The first kappa shape index (κ1) is 24.4. The molecule has 0 bridgehead atoms. The van der Waals surface area contributed by atoms with Crippen LogP contribution in [-0.4, -0.2) is 17.0 Å². The van der Waals surface area contributed by atoms with E-state index >= 15 is 0 Å². The molecule has 0 aliphatic heterocycles. The van der Waals surface area contributed by atoms with Crippen LogP contribution in [0, 0.1) is 0 Å². The Morgan fingerprint density at radius 2 is 1.04 bits per heavy atom. The van der Waals surface area contributed by atoms with E-state index in [0.717, 1.165) is 0 Å². The van der Waals surface area contributed by atoms with Crippen LogP contribution in [0.2, 0.25) is 20.1 Å². The van der Waals surface area contributed by atoms with Gasteiger partial charge in [0.25, 0.3) is 0 Å². The molecule has 0 radical (unpaired) electrons. The van der Waals surface area contributed by atoms with Gasteiger partial charge >= 0.3 is 0 Å². The lowest BCUT2D eigenvalue weighted by molar-refractivity contribution is 0.574. The van der Waals surface area contributed by atoms with Crippen molar-refractivity contribution in [3.8, 4) is 0 Å². The van der Waals surface area contributed by atoms with E-state index in [4.69, 9.17) is 69.6 Å². The van der Waals surface area contributed by atoms with Crippen molar-refractivity contribution in [3.05, 3.63) is 67.6 Å². The van der Waals surface area contributed by atoms with Crippen molar-refractivity contribution in [3.63, 3.8) is 0 Å². The number of alkyl halides is 4. The van der Waals surface area contributed by atoms with Crippen LogP contribution >= 0.6 is 101 Å². The highest BCUT2D eigenvalue weighted by Crippen LogP contribution is 2.48. The van der Waals surface area contributed by atoms with Crippen LogP contribution in [-0.2, 0) is 9.84 Å². The highest BCUT2D eigenvalue weighted by atomic mass is 79.9. The van der Waals surface area contributed by atoms with E-state index in [-0.39, 0.29) is 21.2 Å². The molecule has 27 heavy (non-hydrogen) atoms. The summed E-state index contributed by atoms with van der Waals surface area (Å²) < 4.78 is 25.2. The minimum absolute atomic E-state index is 0.203. The fourth-order valence-electron chi connectivity index (χ4n) is 2.54. The summed E-state index contributed by atoms with van der Waals surface area (Å²) in [7, 11) is -4.09. The largest absolute Gasteiger partial charge is 0.227 e. The standard InChI is InChI=1S/C16H10Br2Cl6O2S/c17-15(23)13(9-5-7(19)1-3-11(9)21)27(25,26)14(16(18)24)10-6-8(20)2-4-12(10)22/h1-6,13-16H. The van der Waals surface area contributed by atoms with Gasteiger partial charge in [0.1, 0.15) is 19.1 Å². The smallest absolute Gasteiger partial charge is 0.169 e. The summed E-state index contributed by atoms with van der Waals surface area (Å²) in [6.07, 6.45) is 0. The highest BCUT2D eigenvalue weighted by molar-refractivity contribution is 9.10. The number of hydrogen-bond donors (Lipinski definition) is 0. The Kier molecular flexibility index (Phi) is 8.96. The van der Waals surface area contributed by atoms with Crippen molar-refractivity contribution in [2.75, 3.05) is 0 Å². The second-order valence-electron chi connectivity index (χ2n) is 5.43. The van der Waals surface area contributed by atoms with Crippen LogP contribution in [0.25, 0.3) is 0 Å². The Labute approximate surface area is 204 Å². The van der Waals surface area contributed by atoms with Gasteiger partial charge in [-0.05, 0) is 47.5 Å². The molecule has 2 rings (SSSR count). The molecule has 0 N–H and O–H groups in total. The SMILES string of the molecule is O=S(=O)(C(c1cc(Cl)ccc1Cl)C(Cl)Br)C(c1cc(Cl)ccc1Cl)C(Cl)Br. The van der Waals surface area contributed by atoms with E-state index in [1.807, 2.05) is 0 Å². The third kappa shape index (κ3) is 5.62. The Bertz CT molecular complexity index is 867. The summed E-state index contributed by atoms with van der Waals surface area (Å²) in [5.41, 5.74) is 0.489. The molecule has 4 unspecified atom stereocenters. The monoisotopic (exact) mass is 634 g/mol. The van der Waals surface area contributed by atoms with Crippen LogP contribution in [0.15, 0.2) is 36.4 Å². The van der Waals surface area contributed by atoms with E-state index < -0.39 is 28.9 Å². The summed E-state index contributed by atoms with van der Waals surface area (Å²) in [4.78, 5) is 0. The average molecular weight is 639 g/mol. The molecule has 0 spiro atoms. The molecular weight excluding hydrogens is 629 g/mol. The maximum Gasteiger partial charge on any atom is 0.169 e. The first-order valence-corrected chi connectivity index (χ1v) is 13.0. The maximum atomic E-state index is 13.6. The fourth-order valence-corrected chi connectivity index (χ4v) is 8.99. The van der Waals surface area contributed by atoms with E-state index in [0.29, 0.717) is 10.0 Å². The molecule has 11 heteroatoms. The second kappa shape index (κ2) is 9.93. The molecule has 0 fully saturated rings. The van der Waals surface area contributed by atoms with Crippen molar-refractivity contribution in [1.29, 1.82) is 0 Å². The third-order valence-electron chi connectivity index (χ3n) is 3.69. The van der Waals surface area contributed by atoms with Gasteiger partial charge in [0.15, 0.2) is 9.84 Å². The van der Waals surface area contributed by atoms with Gasteiger partial charge in [-0.15, -0.1) is 23.2 Å². The van der Waals surface area contributed by atoms with E-state index in [9.17, 15) is 8.42 Å². The first-order valence-electron chi connectivity index (χ1n) is 7.15. The number of benzene rings is 2. The summed E-state index contributed by atoms with van der Waals surface area (Å²) in [5.74, 6) is 0. The zero-order valence-corrected chi connectivity index (χ0v) is 21.5. The van der Waals surface area contributed by atoms with Crippen LogP contribution in [0.1, 0.15) is 21.6 Å². The minimum atomic E-state index is -4.09. The molecule has 0 aromatic heterocycles. The normalized spacial score (nSPS) is 16.6. The molecule has 0 aliphatic rings. The fraction of sp³-hybridized carbons (Fsp3) is 0.250. The highest BCUT2D eigenvalue weighted by Gasteiger charge is 2.44. The van der Waals surface area contributed by atoms with Crippen molar-refractivity contribution in [2.24, 2.45) is 0 Å². The molecule has 0 heterocycles. The zero-order valence-electron chi connectivity index (χ0n) is 13.0. The van der Waals surface area contributed by atoms with Crippen LogP contribution in [0.3, 0.4) is 0 Å². The number of sulfone groups is 1. The van der Waals surface area contributed by atoms with Gasteiger partial charge < -0.3 is 0 Å². The summed E-state index contributed by atoms with van der Waals surface area (Å²) >= 11 is 43.3. The summed E-state index contributed by atoms with van der Waals surface area (Å²) in [5, 5.41) is -1.48. The Balaban J connectivity index is 2.72. The van der Waals surface area contributed by atoms with Crippen molar-refractivity contribution < 1.29 is 8.42 Å². The van der Waals surface area contributed by atoms with Crippen molar-refractivity contribution >= 4 is 111 Å². The predicted molar refractivity (Wildman–Crippen MR) is 124 cm³/mol. The summed E-state index contributed by atoms with van der Waals surface area (Å²) in [6.45, 7) is 0. The Morgan fingerprint density at radius 3 is 1.33 bits per heavy atom. The average Bonchev–Trinajstić information content (AvgIpc) is 2.53. The molecule has 2 aromatic carbocycles. The topological polar surface area (TPSA) is 34.1 Å². The zero-order chi connectivity index (χ0) is 20.5. The molecule has 2 aromatic rings. The van der Waals surface area contributed by atoms with Crippen molar-refractivity contribution in [2.45, 2.75) is 19.1 Å². The minimum Gasteiger partial charge on any atom is -0.227 e. The van der Waals surface area contributed by atoms with Crippen LogP contribution < -0.4 is 0 Å². The molecule has 148 valence electrons. The lowest BCUT2D eigenvalue weighted by Gasteiger charge is -2.28. The van der Waals surface area contributed by atoms with E-state index in [1.54, 1.807) is 12.1 Å². The van der Waals surface area contributed by atoms with Gasteiger partial charge in [0.2, 0.25) is 0 Å². The molecule has 0 aliphatic carbocycles. The third-order valence-corrected chi connectivity index (χ3v) is 9.88. The van der Waals surface area contributed by atoms with Gasteiger partial charge in [-0.2, -0.15) is 0 Å². The number of halogens is 8. The number of rotatable bonds is 6. The molecular formula is C16H10Br2Cl6O2S. The molecule has 2 nitrogen and oxygen atoms in total. The number of hydrogen-bond acceptors (Lipinski definition) is 2. The van der Waals surface area contributed by atoms with Crippen molar-refractivity contribution in [1.82, 2.24) is 0 Å². The van der Waals surface area contributed by atoms with Gasteiger partial charge in [-0.25, -0.2) is 8.42 Å². The Hall–Kier alpha value is 1.09. The molecule has 4 atom stereocenters. The van der Waals surface area contributed by atoms with E-state index in [1.165, 1.54) is 24.3 Å². The van der Waals surface area contributed by atoms with E-state index in [2.05, 4.69) is 31.9 Å². The maximum absolute atomic E-state index is 13.6. The lowest BCUT2D eigenvalue weighted by atomic mass is 10.1. The first-order chi connectivity index (χ1) is 12.5. The van der Waals surface area contributed by atoms with Crippen LogP contribution in [0.5, 0.6) is 0 Å². The predicted octanol–water partition coefficient (Wildman–Crippen LogP) is 8.42. The quantitative estimate of drug-likeness (QED) is 0.298. The summed E-state index contributed by atoms with van der Waals surface area (Å²) in [6, 6.07) is 9.01. The van der Waals surface area contributed by atoms with Gasteiger partial charge in [-0.3, -0.25) is 0 Å². The van der Waals surface area contributed by atoms with Gasteiger partial charge in [-0.1, -0.05) is 78.3 Å². The lowest BCUT2D eigenvalue weighted by Crippen LogP contribution is -2.29. The van der Waals surface area contributed by atoms with Gasteiger partial charge in [0.05, 0.1) is 0 Å². The molecule has 0 saturated carbocycles. The Morgan fingerprint density at radius 1 is 0.704 bits per heavy atom. The second-order valence-corrected chi connectivity index (χ2v) is 13.3. The van der Waals surface area contributed by atoms with Gasteiger partial charge in [0, 0.05) is 20.1 Å². The molecule has 0 saturated heterocycles. The van der Waals surface area contributed by atoms with Crippen LogP contribution in [0.4, 0.5) is 0 Å². The molecule has 0 amide bonds.